The Labute approximate surface area is 162 Å². The number of nitrogens with one attached hydrogen (secondary N) is 1. The lowest BCUT2D eigenvalue weighted by Gasteiger charge is -2.17. The Morgan fingerprint density at radius 2 is 1.86 bits per heavy atom. The van der Waals surface area contributed by atoms with E-state index in [0.29, 0.717) is 34.6 Å². The smallest absolute Gasteiger partial charge is 0.280 e. The molecule has 0 saturated carbocycles. The van der Waals surface area contributed by atoms with Crippen molar-refractivity contribution in [1.29, 1.82) is 0 Å². The molecule has 1 amide bonds. The molecular weight excluding hydrogens is 358 g/mol. The Bertz CT molecular complexity index is 1070. The fraction of sp³-hybridized carbons (Fsp3) is 0.286. The number of amides is 1. The third-order valence-corrected chi connectivity index (χ3v) is 4.30. The molecule has 28 heavy (non-hydrogen) atoms. The van der Waals surface area contributed by atoms with Crippen LogP contribution in [0.15, 0.2) is 47.3 Å². The average Bonchev–Trinajstić information content (AvgIpc) is 2.69. The largest absolute Gasteiger partial charge is 0.493 e. The van der Waals surface area contributed by atoms with Crippen molar-refractivity contribution in [3.05, 3.63) is 64.2 Å². The molecule has 3 aromatic rings. The van der Waals surface area contributed by atoms with Gasteiger partial charge in [0.15, 0.2) is 11.5 Å². The van der Waals surface area contributed by atoms with Gasteiger partial charge in [-0.1, -0.05) is 32.0 Å². The van der Waals surface area contributed by atoms with E-state index < -0.39 is 5.91 Å². The first kappa shape index (κ1) is 19.4. The van der Waals surface area contributed by atoms with Gasteiger partial charge in [-0.05, 0) is 30.2 Å². The Kier molecular flexibility index (Phi) is 5.63. The van der Waals surface area contributed by atoms with Gasteiger partial charge in [-0.3, -0.25) is 15.0 Å². The Morgan fingerprint density at radius 1 is 1.11 bits per heavy atom. The lowest BCUT2D eigenvalue weighted by molar-refractivity contribution is 0.100. The van der Waals surface area contributed by atoms with E-state index in [9.17, 15) is 9.59 Å². The molecule has 0 unspecified atom stereocenters. The molecule has 146 valence electrons. The van der Waals surface area contributed by atoms with Crippen LogP contribution in [0.2, 0.25) is 0 Å². The van der Waals surface area contributed by atoms with E-state index in [2.05, 4.69) is 10.4 Å². The number of carbonyl (C=O) groups is 1. The van der Waals surface area contributed by atoms with E-state index in [1.54, 1.807) is 36.4 Å². The Balaban J connectivity index is 2.10. The number of ether oxygens (including phenoxy) is 2. The van der Waals surface area contributed by atoms with Crippen molar-refractivity contribution >= 4 is 16.8 Å². The normalized spacial score (nSPS) is 10.9. The third-order valence-electron chi connectivity index (χ3n) is 4.30. The van der Waals surface area contributed by atoms with Crippen molar-refractivity contribution < 1.29 is 14.3 Å². The monoisotopic (exact) mass is 381 g/mol. The predicted octanol–water partition coefficient (Wildman–Crippen LogP) is 3.00. The van der Waals surface area contributed by atoms with Crippen LogP contribution in [0.1, 0.15) is 30.0 Å². The van der Waals surface area contributed by atoms with Crippen LogP contribution in [0.5, 0.6) is 11.5 Å². The highest BCUT2D eigenvalue weighted by molar-refractivity contribution is 6.03. The van der Waals surface area contributed by atoms with Crippen molar-refractivity contribution in [3.63, 3.8) is 0 Å². The summed E-state index contributed by atoms with van der Waals surface area (Å²) >= 11 is 0. The number of aromatic nitrogens is 2. The fourth-order valence-electron chi connectivity index (χ4n) is 3.02. The molecule has 0 bridgehead atoms. The van der Waals surface area contributed by atoms with Crippen molar-refractivity contribution in [3.8, 4) is 11.5 Å². The number of benzene rings is 2. The number of nitrogens with zero attached hydrogens (tertiary/aromatic N) is 2. The molecule has 2 aromatic carbocycles. The van der Waals surface area contributed by atoms with E-state index in [0.717, 1.165) is 0 Å². The van der Waals surface area contributed by atoms with Gasteiger partial charge in [-0.2, -0.15) is 0 Å². The van der Waals surface area contributed by atoms with Crippen LogP contribution in [0.25, 0.3) is 10.9 Å². The molecule has 7 heteroatoms. The van der Waals surface area contributed by atoms with E-state index in [-0.39, 0.29) is 17.0 Å². The van der Waals surface area contributed by atoms with Gasteiger partial charge in [-0.15, -0.1) is 0 Å². The summed E-state index contributed by atoms with van der Waals surface area (Å²) < 4.78 is 11.8. The van der Waals surface area contributed by atoms with Gasteiger partial charge in [-0.25, -0.2) is 9.66 Å². The van der Waals surface area contributed by atoms with Gasteiger partial charge in [0.1, 0.15) is 5.82 Å². The van der Waals surface area contributed by atoms with Crippen molar-refractivity contribution in [2.24, 2.45) is 5.92 Å². The molecule has 0 aliphatic carbocycles. The average molecular weight is 381 g/mol. The lowest BCUT2D eigenvalue weighted by Crippen LogP contribution is -2.37. The maximum absolute atomic E-state index is 13.0. The van der Waals surface area contributed by atoms with Crippen molar-refractivity contribution in [1.82, 2.24) is 9.66 Å². The first-order chi connectivity index (χ1) is 13.5. The molecule has 1 heterocycles. The Morgan fingerprint density at radius 3 is 2.54 bits per heavy atom. The van der Waals surface area contributed by atoms with Crippen LogP contribution in [0.3, 0.4) is 0 Å². The van der Waals surface area contributed by atoms with Gasteiger partial charge in [0.25, 0.3) is 11.5 Å². The van der Waals surface area contributed by atoms with Crippen LogP contribution >= 0.6 is 0 Å². The van der Waals surface area contributed by atoms with Crippen LogP contribution in [0.4, 0.5) is 0 Å². The number of hydrogen-bond donors (Lipinski definition) is 1. The SMILES string of the molecule is COc1cccc(C(=O)Nn2c(CC(C)C)nc3ccccc3c2=O)c1OC. The molecule has 3 rings (SSSR count). The standard InChI is InChI=1S/C21H23N3O4/c1-13(2)12-18-22-16-10-6-5-8-14(16)21(26)24(18)23-20(25)15-9-7-11-17(27-3)19(15)28-4/h5-11,13H,12H2,1-4H3,(H,23,25). The highest BCUT2D eigenvalue weighted by atomic mass is 16.5. The second-order valence-electron chi connectivity index (χ2n) is 6.77. The van der Waals surface area contributed by atoms with E-state index in [4.69, 9.17) is 9.47 Å². The van der Waals surface area contributed by atoms with Crippen molar-refractivity contribution in [2.75, 3.05) is 19.6 Å². The zero-order valence-corrected chi connectivity index (χ0v) is 16.4. The van der Waals surface area contributed by atoms with E-state index in [1.807, 2.05) is 19.9 Å². The summed E-state index contributed by atoms with van der Waals surface area (Å²) in [6.07, 6.45) is 0.537. The summed E-state index contributed by atoms with van der Waals surface area (Å²) in [4.78, 5) is 30.6. The molecule has 0 radical (unpaired) electrons. The third kappa shape index (κ3) is 3.69. The Hall–Kier alpha value is -3.35. The molecule has 7 nitrogen and oxygen atoms in total. The minimum atomic E-state index is -0.486. The first-order valence-electron chi connectivity index (χ1n) is 8.99. The molecule has 0 atom stereocenters. The lowest BCUT2D eigenvalue weighted by atomic mass is 10.1. The van der Waals surface area contributed by atoms with Gasteiger partial charge in [0.2, 0.25) is 0 Å². The number of para-hydroxylation sites is 2. The van der Waals surface area contributed by atoms with Crippen LogP contribution in [-0.4, -0.2) is 29.8 Å². The van der Waals surface area contributed by atoms with Gasteiger partial charge in [0.05, 0.1) is 30.7 Å². The summed E-state index contributed by atoms with van der Waals surface area (Å²) in [6.45, 7) is 4.05. The van der Waals surface area contributed by atoms with Crippen LogP contribution in [0, 0.1) is 5.92 Å². The summed E-state index contributed by atoms with van der Waals surface area (Å²) in [6, 6.07) is 12.1. The molecule has 0 aliphatic heterocycles. The van der Waals surface area contributed by atoms with Gasteiger partial charge < -0.3 is 9.47 Å². The number of rotatable bonds is 6. The van der Waals surface area contributed by atoms with E-state index >= 15 is 0 Å². The second kappa shape index (κ2) is 8.12. The molecule has 0 saturated heterocycles. The fourth-order valence-corrected chi connectivity index (χ4v) is 3.02. The number of fused-ring (bicyclic) bond motifs is 1. The number of hydrogen-bond acceptors (Lipinski definition) is 5. The predicted molar refractivity (Wildman–Crippen MR) is 108 cm³/mol. The minimum absolute atomic E-state index is 0.252. The molecule has 0 aliphatic rings. The summed E-state index contributed by atoms with van der Waals surface area (Å²) in [5.74, 6) is 0.993. The summed E-state index contributed by atoms with van der Waals surface area (Å²) in [5.41, 5.74) is 3.23. The molecule has 1 aromatic heterocycles. The highest BCUT2D eigenvalue weighted by Crippen LogP contribution is 2.30. The molecule has 0 fully saturated rings. The van der Waals surface area contributed by atoms with Crippen LogP contribution in [-0.2, 0) is 6.42 Å². The highest BCUT2D eigenvalue weighted by Gasteiger charge is 2.19. The second-order valence-corrected chi connectivity index (χ2v) is 6.77. The van der Waals surface area contributed by atoms with E-state index in [1.165, 1.54) is 18.9 Å². The van der Waals surface area contributed by atoms with Crippen LogP contribution < -0.4 is 20.5 Å². The molecule has 0 spiro atoms. The topological polar surface area (TPSA) is 82.5 Å². The zero-order chi connectivity index (χ0) is 20.3. The minimum Gasteiger partial charge on any atom is -0.493 e. The molecular formula is C21H23N3O4. The number of methoxy groups -OCH3 is 2. The van der Waals surface area contributed by atoms with Gasteiger partial charge >= 0.3 is 0 Å². The number of carbonyl (C=O) groups excluding carboxylic acids is 1. The zero-order valence-electron chi connectivity index (χ0n) is 16.4. The first-order valence-corrected chi connectivity index (χ1v) is 8.99. The van der Waals surface area contributed by atoms with Gasteiger partial charge in [0, 0.05) is 6.42 Å². The maximum Gasteiger partial charge on any atom is 0.280 e. The maximum atomic E-state index is 13.0. The summed E-state index contributed by atoms with van der Waals surface area (Å²) in [5, 5.41) is 0.438. The quantitative estimate of drug-likeness (QED) is 0.710. The molecule has 1 N–H and O–H groups in total. The van der Waals surface area contributed by atoms with Crippen molar-refractivity contribution in [2.45, 2.75) is 20.3 Å². The summed E-state index contributed by atoms with van der Waals surface area (Å²) in [7, 11) is 2.96.